The van der Waals surface area contributed by atoms with Crippen LogP contribution in [0.25, 0.3) is 32.8 Å². The molecule has 2 fully saturated rings. The first-order chi connectivity index (χ1) is 21.9. The second kappa shape index (κ2) is 13.4. The van der Waals surface area contributed by atoms with E-state index in [4.69, 9.17) is 21.3 Å². The number of piperazine rings is 1. The molecule has 6 rings (SSSR count). The minimum atomic E-state index is -0.549. The third kappa shape index (κ3) is 6.18. The fourth-order valence-electron chi connectivity index (χ4n) is 6.63. The van der Waals surface area contributed by atoms with Crippen LogP contribution in [0.3, 0.4) is 0 Å². The van der Waals surface area contributed by atoms with Crippen molar-refractivity contribution in [2.24, 2.45) is 0 Å². The lowest BCUT2D eigenvalue weighted by atomic mass is 9.94. The Morgan fingerprint density at radius 1 is 1.16 bits per heavy atom. The molecule has 0 N–H and O–H groups in total. The van der Waals surface area contributed by atoms with Crippen LogP contribution >= 0.6 is 11.6 Å². The summed E-state index contributed by atoms with van der Waals surface area (Å²) < 4.78 is 23.0. The van der Waals surface area contributed by atoms with Crippen LogP contribution in [0.15, 0.2) is 55.1 Å². The Morgan fingerprint density at radius 2 is 1.93 bits per heavy atom. The number of nitriles is 1. The number of hydrogen-bond acceptors (Lipinski definition) is 7. The smallest absolute Gasteiger partial charge is 0.319 e. The van der Waals surface area contributed by atoms with E-state index in [1.165, 1.54) is 25.3 Å². The SMILES string of the molecule is C=CC(=O)N1CCN(c2nc(OCCN3CCCCC3)nc3c(F)c(-c4cccc5cccc(C)c45)c(Cl)cc23)C[C@@H]1CC#N. The van der Waals surface area contributed by atoms with E-state index in [2.05, 4.69) is 22.5 Å². The zero-order chi connectivity index (χ0) is 31.5. The average molecular weight is 627 g/mol. The minimum absolute atomic E-state index is 0.0808. The van der Waals surface area contributed by atoms with Gasteiger partial charge in [0.1, 0.15) is 17.9 Å². The van der Waals surface area contributed by atoms with E-state index in [9.17, 15) is 10.1 Å². The van der Waals surface area contributed by atoms with Crippen LogP contribution < -0.4 is 9.64 Å². The van der Waals surface area contributed by atoms with E-state index in [-0.39, 0.29) is 40.5 Å². The summed E-state index contributed by atoms with van der Waals surface area (Å²) in [5, 5.41) is 12.1. The number of carbonyl (C=O) groups excluding carboxylic acids is 1. The fraction of sp³-hybridized carbons (Fsp3) is 0.371. The highest BCUT2D eigenvalue weighted by atomic mass is 35.5. The number of carbonyl (C=O) groups is 1. The van der Waals surface area contributed by atoms with Crippen LogP contribution in [0.4, 0.5) is 10.2 Å². The molecule has 4 aromatic rings. The molecule has 0 spiro atoms. The summed E-state index contributed by atoms with van der Waals surface area (Å²) in [6.45, 7) is 9.88. The van der Waals surface area contributed by atoms with Crippen LogP contribution in [0.5, 0.6) is 6.01 Å². The van der Waals surface area contributed by atoms with Crippen LogP contribution in [-0.2, 0) is 4.79 Å². The molecule has 1 amide bonds. The summed E-state index contributed by atoms with van der Waals surface area (Å²) in [6.07, 6.45) is 4.98. The summed E-state index contributed by atoms with van der Waals surface area (Å²) in [7, 11) is 0. The molecule has 0 aliphatic carbocycles. The van der Waals surface area contributed by atoms with Crippen LogP contribution in [0.1, 0.15) is 31.2 Å². The number of fused-ring (bicyclic) bond motifs is 2. The van der Waals surface area contributed by atoms with Gasteiger partial charge < -0.3 is 14.5 Å². The van der Waals surface area contributed by atoms with Crippen molar-refractivity contribution >= 4 is 45.0 Å². The van der Waals surface area contributed by atoms with Gasteiger partial charge in [-0.2, -0.15) is 15.2 Å². The molecule has 3 aromatic carbocycles. The number of halogens is 2. The number of aromatic nitrogens is 2. The van der Waals surface area contributed by atoms with Gasteiger partial charge in [-0.25, -0.2) is 4.39 Å². The zero-order valence-electron chi connectivity index (χ0n) is 25.4. The van der Waals surface area contributed by atoms with Gasteiger partial charge in [0.25, 0.3) is 0 Å². The molecule has 2 aliphatic heterocycles. The molecule has 2 saturated heterocycles. The summed E-state index contributed by atoms with van der Waals surface area (Å²) in [4.78, 5) is 27.9. The number of benzene rings is 3. The van der Waals surface area contributed by atoms with Crippen molar-refractivity contribution in [2.45, 2.75) is 38.6 Å². The molecular weight excluding hydrogens is 591 g/mol. The number of likely N-dealkylation sites (tertiary alicyclic amines) is 1. The van der Waals surface area contributed by atoms with Gasteiger partial charge in [-0.15, -0.1) is 0 Å². The maximum atomic E-state index is 16.9. The van der Waals surface area contributed by atoms with Crippen molar-refractivity contribution in [1.29, 1.82) is 5.26 Å². The van der Waals surface area contributed by atoms with Crippen molar-refractivity contribution in [1.82, 2.24) is 19.8 Å². The number of anilines is 1. The Kier molecular flexibility index (Phi) is 9.15. The normalized spacial score (nSPS) is 17.4. The van der Waals surface area contributed by atoms with E-state index in [1.807, 2.05) is 48.2 Å². The first-order valence-electron chi connectivity index (χ1n) is 15.5. The lowest BCUT2D eigenvalue weighted by Crippen LogP contribution is -2.55. The van der Waals surface area contributed by atoms with Gasteiger partial charge in [0, 0.05) is 37.1 Å². The summed E-state index contributed by atoms with van der Waals surface area (Å²) in [5.74, 6) is -0.316. The number of hydrogen-bond donors (Lipinski definition) is 0. The number of aryl methyl sites for hydroxylation is 1. The summed E-state index contributed by atoms with van der Waals surface area (Å²) in [6, 6.07) is 15.4. The predicted octanol–water partition coefficient (Wildman–Crippen LogP) is 6.53. The number of piperidine rings is 1. The molecule has 45 heavy (non-hydrogen) atoms. The van der Waals surface area contributed by atoms with E-state index >= 15 is 4.39 Å². The molecule has 3 heterocycles. The lowest BCUT2D eigenvalue weighted by molar-refractivity contribution is -0.128. The second-order valence-corrected chi connectivity index (χ2v) is 12.1. The molecule has 0 unspecified atom stereocenters. The maximum Gasteiger partial charge on any atom is 0.319 e. The Bertz CT molecular complexity index is 1800. The highest BCUT2D eigenvalue weighted by Crippen LogP contribution is 2.42. The van der Waals surface area contributed by atoms with Gasteiger partial charge in [0.15, 0.2) is 5.82 Å². The molecule has 0 radical (unpaired) electrons. The third-order valence-corrected chi connectivity index (χ3v) is 9.18. The standard InChI is InChI=1S/C35H36ClFN6O2/c1-3-29(44)43-18-17-42(22-25(43)13-14-38)34-27-21-28(36)31(26-12-8-11-24-10-7-9-23(2)30(24)26)32(37)33(27)39-35(40-34)45-20-19-41-15-5-4-6-16-41/h3,7-12,21,25H,1,4-6,13,15-20,22H2,2H3/t25-/m0/s1. The van der Waals surface area contributed by atoms with Crippen molar-refractivity contribution in [2.75, 3.05) is 50.8 Å². The number of ether oxygens (including phenoxy) is 1. The zero-order valence-corrected chi connectivity index (χ0v) is 26.2. The van der Waals surface area contributed by atoms with Crippen molar-refractivity contribution < 1.29 is 13.9 Å². The van der Waals surface area contributed by atoms with E-state index in [0.29, 0.717) is 43.0 Å². The third-order valence-electron chi connectivity index (χ3n) is 8.88. The Balaban J connectivity index is 1.45. The Morgan fingerprint density at radius 3 is 2.69 bits per heavy atom. The van der Waals surface area contributed by atoms with Crippen molar-refractivity contribution in [3.8, 4) is 23.2 Å². The van der Waals surface area contributed by atoms with E-state index < -0.39 is 5.82 Å². The van der Waals surface area contributed by atoms with Crippen LogP contribution in [0.2, 0.25) is 5.02 Å². The van der Waals surface area contributed by atoms with Gasteiger partial charge in [-0.05, 0) is 66.9 Å². The highest BCUT2D eigenvalue weighted by molar-refractivity contribution is 6.35. The van der Waals surface area contributed by atoms with Gasteiger partial charge in [-0.1, -0.05) is 61.0 Å². The van der Waals surface area contributed by atoms with Gasteiger partial charge >= 0.3 is 6.01 Å². The number of rotatable bonds is 8. The number of nitrogens with zero attached hydrogens (tertiary/aromatic N) is 6. The lowest BCUT2D eigenvalue weighted by Gasteiger charge is -2.41. The molecule has 0 saturated carbocycles. The molecule has 0 bridgehead atoms. The molecule has 2 aliphatic rings. The van der Waals surface area contributed by atoms with E-state index in [0.717, 1.165) is 36.0 Å². The predicted molar refractivity (Wildman–Crippen MR) is 176 cm³/mol. The van der Waals surface area contributed by atoms with Crippen molar-refractivity contribution in [3.63, 3.8) is 0 Å². The van der Waals surface area contributed by atoms with Crippen LogP contribution in [-0.4, -0.2) is 77.6 Å². The average Bonchev–Trinajstić information content (AvgIpc) is 3.05. The summed E-state index contributed by atoms with van der Waals surface area (Å²) >= 11 is 6.92. The van der Waals surface area contributed by atoms with Crippen LogP contribution in [0, 0.1) is 24.1 Å². The molecule has 8 nitrogen and oxygen atoms in total. The minimum Gasteiger partial charge on any atom is -0.462 e. The maximum absolute atomic E-state index is 16.9. The molecule has 10 heteroatoms. The topological polar surface area (TPSA) is 85.6 Å². The van der Waals surface area contributed by atoms with Gasteiger partial charge in [0.05, 0.1) is 23.6 Å². The van der Waals surface area contributed by atoms with Crippen molar-refractivity contribution in [3.05, 3.63) is 71.5 Å². The highest BCUT2D eigenvalue weighted by Gasteiger charge is 2.32. The molecule has 1 aromatic heterocycles. The fourth-order valence-corrected chi connectivity index (χ4v) is 6.93. The summed E-state index contributed by atoms with van der Waals surface area (Å²) in [5.41, 5.74) is 2.09. The Labute approximate surface area is 267 Å². The largest absolute Gasteiger partial charge is 0.462 e. The first-order valence-corrected chi connectivity index (χ1v) is 15.9. The Hall–Kier alpha value is -4.26. The number of amides is 1. The first kappa shape index (κ1) is 30.8. The molecular formula is C35H36ClFN6O2. The van der Waals surface area contributed by atoms with Gasteiger partial charge in [-0.3, -0.25) is 9.69 Å². The molecule has 232 valence electrons. The quantitative estimate of drug-likeness (QED) is 0.206. The molecule has 1 atom stereocenters. The van der Waals surface area contributed by atoms with E-state index in [1.54, 1.807) is 11.0 Å². The second-order valence-electron chi connectivity index (χ2n) is 11.7. The monoisotopic (exact) mass is 626 g/mol. The van der Waals surface area contributed by atoms with Gasteiger partial charge in [0.2, 0.25) is 5.91 Å².